The summed E-state index contributed by atoms with van der Waals surface area (Å²) in [4.78, 5) is 13.5. The summed E-state index contributed by atoms with van der Waals surface area (Å²) in [5.41, 5.74) is 6.68. The van der Waals surface area contributed by atoms with Crippen LogP contribution in [0.1, 0.15) is 39.0 Å². The number of urea groups is 1. The average Bonchev–Trinajstić information content (AvgIpc) is 2.17. The van der Waals surface area contributed by atoms with Crippen LogP contribution in [0.4, 0.5) is 4.79 Å². The molecule has 0 aliphatic heterocycles. The van der Waals surface area contributed by atoms with Crippen LogP contribution in [-0.4, -0.2) is 36.1 Å². The predicted octanol–water partition coefficient (Wildman–Crippen LogP) is 1.86. The molecule has 18 heavy (non-hydrogen) atoms. The van der Waals surface area contributed by atoms with Gasteiger partial charge in [0, 0.05) is 18.1 Å². The molecule has 0 radical (unpaired) electrons. The maximum atomic E-state index is 11.6. The van der Waals surface area contributed by atoms with Gasteiger partial charge in [-0.1, -0.05) is 18.6 Å². The van der Waals surface area contributed by atoms with Gasteiger partial charge < -0.3 is 16.0 Å². The van der Waals surface area contributed by atoms with Crippen LogP contribution in [0.2, 0.25) is 0 Å². The molecule has 2 rings (SSSR count). The summed E-state index contributed by atoms with van der Waals surface area (Å²) in [6, 6.07) is 0.0190. The Morgan fingerprint density at radius 2 is 2.11 bits per heavy atom. The Bertz CT molecular complexity index is 343. The number of carbonyl (C=O) groups is 1. The van der Waals surface area contributed by atoms with Crippen molar-refractivity contribution >= 4 is 6.03 Å². The molecule has 0 aromatic rings. The molecule has 0 spiro atoms. The van der Waals surface area contributed by atoms with Crippen LogP contribution >= 0.6 is 0 Å². The van der Waals surface area contributed by atoms with Gasteiger partial charge in [0.1, 0.15) is 0 Å². The van der Waals surface area contributed by atoms with Gasteiger partial charge in [-0.3, -0.25) is 0 Å². The monoisotopic (exact) mass is 251 g/mol. The van der Waals surface area contributed by atoms with Gasteiger partial charge in [-0.05, 0) is 45.6 Å². The lowest BCUT2D eigenvalue weighted by molar-refractivity contribution is 0.0636. The largest absolute Gasteiger partial charge is 0.351 e. The van der Waals surface area contributed by atoms with Crippen LogP contribution in [0.5, 0.6) is 0 Å². The number of nitrogens with two attached hydrogens (primary N) is 1. The van der Waals surface area contributed by atoms with Crippen LogP contribution in [0, 0.1) is 5.92 Å². The predicted molar refractivity (Wildman–Crippen MR) is 73.3 cm³/mol. The molecule has 3 N–H and O–H groups in total. The van der Waals surface area contributed by atoms with E-state index in [1.54, 1.807) is 0 Å². The lowest BCUT2D eigenvalue weighted by Gasteiger charge is -2.52. The van der Waals surface area contributed by atoms with E-state index in [9.17, 15) is 4.79 Å². The van der Waals surface area contributed by atoms with E-state index in [0.29, 0.717) is 5.92 Å². The molecule has 2 fully saturated rings. The first-order valence-electron chi connectivity index (χ1n) is 6.89. The molecule has 0 unspecified atom stereocenters. The Labute approximate surface area is 110 Å². The maximum Gasteiger partial charge on any atom is 0.315 e. The first kappa shape index (κ1) is 13.4. The fraction of sp³-hybridized carbons (Fsp3) is 0.786. The number of rotatable bonds is 5. The molecular formula is C14H25N3O. The zero-order chi connectivity index (χ0) is 13.3. The number of likely N-dealkylation sites (N-methyl/N-ethyl adjacent to an activating group) is 1. The summed E-state index contributed by atoms with van der Waals surface area (Å²) in [5, 5.41) is 3.34. The second-order valence-electron chi connectivity index (χ2n) is 5.96. The molecule has 2 aliphatic carbocycles. The number of nitrogens with one attached hydrogen (secondary N) is 1. The van der Waals surface area contributed by atoms with Crippen molar-refractivity contribution in [3.8, 4) is 0 Å². The van der Waals surface area contributed by atoms with Crippen molar-refractivity contribution in [2.24, 2.45) is 11.7 Å². The van der Waals surface area contributed by atoms with E-state index < -0.39 is 0 Å². The van der Waals surface area contributed by atoms with Gasteiger partial charge in [0.15, 0.2) is 0 Å². The van der Waals surface area contributed by atoms with Gasteiger partial charge in [-0.15, -0.1) is 0 Å². The Balaban J connectivity index is 1.94. The van der Waals surface area contributed by atoms with Crippen molar-refractivity contribution in [3.05, 3.63) is 12.2 Å². The molecular weight excluding hydrogens is 226 g/mol. The SMILES string of the molecule is C=C(C)C1(NC)CC(N(CC2CCC2)C(N)=O)C1. The number of primary amides is 1. The molecule has 102 valence electrons. The molecule has 0 bridgehead atoms. The second-order valence-corrected chi connectivity index (χ2v) is 5.96. The highest BCUT2D eigenvalue weighted by atomic mass is 16.2. The number of carbonyl (C=O) groups excluding carboxylic acids is 1. The standard InChI is InChI=1S/C14H25N3O/c1-10(2)14(16-3)7-12(8-14)17(13(15)18)9-11-5-4-6-11/h11-12,16H,1,4-9H2,2-3H3,(H2,15,18). The minimum Gasteiger partial charge on any atom is -0.351 e. The fourth-order valence-electron chi connectivity index (χ4n) is 3.10. The van der Waals surface area contributed by atoms with E-state index in [0.717, 1.165) is 25.0 Å². The Hall–Kier alpha value is -1.03. The molecule has 4 heteroatoms. The van der Waals surface area contributed by atoms with Gasteiger partial charge in [0.05, 0.1) is 0 Å². The van der Waals surface area contributed by atoms with E-state index in [4.69, 9.17) is 5.73 Å². The average molecular weight is 251 g/mol. The highest BCUT2D eigenvalue weighted by molar-refractivity contribution is 5.72. The van der Waals surface area contributed by atoms with Gasteiger partial charge in [0.25, 0.3) is 0 Å². The van der Waals surface area contributed by atoms with Crippen molar-refractivity contribution < 1.29 is 4.79 Å². The normalized spacial score (nSPS) is 31.3. The van der Waals surface area contributed by atoms with E-state index in [1.165, 1.54) is 19.3 Å². The van der Waals surface area contributed by atoms with Crippen LogP contribution in [-0.2, 0) is 0 Å². The van der Waals surface area contributed by atoms with Crippen molar-refractivity contribution in [1.82, 2.24) is 10.2 Å². The molecule has 4 nitrogen and oxygen atoms in total. The minimum atomic E-state index is -0.265. The van der Waals surface area contributed by atoms with Crippen LogP contribution in [0.15, 0.2) is 12.2 Å². The van der Waals surface area contributed by atoms with Gasteiger partial charge in [0.2, 0.25) is 0 Å². The van der Waals surface area contributed by atoms with E-state index in [2.05, 4.69) is 11.9 Å². The Morgan fingerprint density at radius 1 is 1.50 bits per heavy atom. The zero-order valence-corrected chi connectivity index (χ0v) is 11.5. The zero-order valence-electron chi connectivity index (χ0n) is 11.5. The van der Waals surface area contributed by atoms with Gasteiger partial charge in [-0.2, -0.15) is 0 Å². The Morgan fingerprint density at radius 3 is 2.44 bits per heavy atom. The second kappa shape index (κ2) is 4.92. The lowest BCUT2D eigenvalue weighted by Crippen LogP contribution is -2.64. The third-order valence-corrected chi connectivity index (χ3v) is 4.87. The van der Waals surface area contributed by atoms with Crippen LogP contribution in [0.3, 0.4) is 0 Å². The number of nitrogens with zero attached hydrogens (tertiary/aromatic N) is 1. The number of hydrogen-bond acceptors (Lipinski definition) is 2. The summed E-state index contributed by atoms with van der Waals surface area (Å²) in [6.07, 6.45) is 5.67. The van der Waals surface area contributed by atoms with Crippen molar-refractivity contribution in [2.45, 2.75) is 50.6 Å². The molecule has 0 aromatic carbocycles. The molecule has 2 aliphatic rings. The molecule has 0 aromatic heterocycles. The van der Waals surface area contributed by atoms with E-state index >= 15 is 0 Å². The third-order valence-electron chi connectivity index (χ3n) is 4.87. The highest BCUT2D eigenvalue weighted by Gasteiger charge is 2.47. The van der Waals surface area contributed by atoms with Crippen molar-refractivity contribution in [1.29, 1.82) is 0 Å². The Kier molecular flexibility index (Phi) is 3.66. The number of hydrogen-bond donors (Lipinski definition) is 2. The summed E-state index contributed by atoms with van der Waals surface area (Å²) in [5.74, 6) is 0.673. The smallest absolute Gasteiger partial charge is 0.315 e. The summed E-state index contributed by atoms with van der Waals surface area (Å²) in [6.45, 7) is 6.94. The topological polar surface area (TPSA) is 58.4 Å². The first-order valence-corrected chi connectivity index (χ1v) is 6.89. The summed E-state index contributed by atoms with van der Waals surface area (Å²) < 4.78 is 0. The van der Waals surface area contributed by atoms with E-state index in [-0.39, 0.29) is 17.6 Å². The first-order chi connectivity index (χ1) is 8.48. The van der Waals surface area contributed by atoms with Crippen LogP contribution in [0.25, 0.3) is 0 Å². The molecule has 2 amide bonds. The lowest BCUT2D eigenvalue weighted by atomic mass is 9.68. The molecule has 0 atom stereocenters. The quantitative estimate of drug-likeness (QED) is 0.733. The molecule has 2 saturated carbocycles. The van der Waals surface area contributed by atoms with Crippen LogP contribution < -0.4 is 11.1 Å². The molecule has 0 heterocycles. The van der Waals surface area contributed by atoms with Gasteiger partial charge in [-0.25, -0.2) is 4.79 Å². The number of amides is 2. The molecule has 0 saturated heterocycles. The van der Waals surface area contributed by atoms with Crippen molar-refractivity contribution in [3.63, 3.8) is 0 Å². The maximum absolute atomic E-state index is 11.6. The summed E-state index contributed by atoms with van der Waals surface area (Å²) in [7, 11) is 1.96. The summed E-state index contributed by atoms with van der Waals surface area (Å²) >= 11 is 0. The van der Waals surface area contributed by atoms with E-state index in [1.807, 2.05) is 18.9 Å². The minimum absolute atomic E-state index is 0.0119. The third kappa shape index (κ3) is 2.26. The highest BCUT2D eigenvalue weighted by Crippen LogP contribution is 2.41. The van der Waals surface area contributed by atoms with Gasteiger partial charge >= 0.3 is 6.03 Å². The fourth-order valence-corrected chi connectivity index (χ4v) is 3.10. The van der Waals surface area contributed by atoms with Crippen molar-refractivity contribution in [2.75, 3.05) is 13.6 Å².